The number of carbonyl (C=O) groups is 2. The Morgan fingerprint density at radius 3 is 1.59 bits per heavy atom. The molecule has 0 saturated carbocycles. The topological polar surface area (TPSA) is 81.4 Å². The number of carbonyl (C=O) groups excluding carboxylic acids is 2. The van der Waals surface area contributed by atoms with Crippen LogP contribution >= 0.6 is 0 Å². The van der Waals surface area contributed by atoms with E-state index in [0.717, 1.165) is 17.4 Å². The van der Waals surface area contributed by atoms with E-state index in [1.807, 2.05) is 0 Å². The van der Waals surface area contributed by atoms with Gasteiger partial charge >= 0.3 is 30.2 Å². The van der Waals surface area contributed by atoms with E-state index < -0.39 is 47.7 Å². The summed E-state index contributed by atoms with van der Waals surface area (Å²) in [4.78, 5) is 22.3. The van der Waals surface area contributed by atoms with Crippen LogP contribution in [0.4, 0.5) is 54.0 Å². The number of nitrogens with one attached hydrogen (secondary N) is 1. The number of hydrogen-bond donors (Lipinski definition) is 2. The summed E-state index contributed by atoms with van der Waals surface area (Å²) < 4.78 is 142. The average molecular weight is 448 g/mol. The lowest BCUT2D eigenvalue weighted by Gasteiger charge is -2.34. The van der Waals surface area contributed by atoms with E-state index in [2.05, 4.69) is 4.74 Å². The van der Waals surface area contributed by atoms with Crippen molar-refractivity contribution in [3.63, 3.8) is 0 Å². The largest absolute Gasteiger partial charge is 0.462 e. The predicted octanol–water partition coefficient (Wildman–Crippen LogP) is 3.76. The molecule has 1 atom stereocenters. The molecule has 3 N–H and O–H groups in total. The molecule has 0 aliphatic carbocycles. The summed E-state index contributed by atoms with van der Waals surface area (Å²) in [6, 6.07) is 2.80. The highest BCUT2D eigenvalue weighted by Crippen LogP contribution is 2.51. The van der Waals surface area contributed by atoms with Gasteiger partial charge in [0.25, 0.3) is 5.91 Å². The third-order valence-corrected chi connectivity index (χ3v) is 3.07. The molecule has 0 aliphatic heterocycles. The van der Waals surface area contributed by atoms with Crippen molar-refractivity contribution in [1.82, 2.24) is 0 Å². The highest BCUT2D eigenvalue weighted by Gasteiger charge is 2.79. The van der Waals surface area contributed by atoms with Crippen LogP contribution < -0.4 is 11.1 Å². The molecule has 0 saturated heterocycles. The zero-order valence-corrected chi connectivity index (χ0v) is 13.3. The first kappa shape index (κ1) is 24.4. The van der Waals surface area contributed by atoms with Crippen LogP contribution in [0.2, 0.25) is 0 Å². The molecule has 164 valence electrons. The minimum Gasteiger partial charge on any atom is -0.366 e. The molecule has 16 heteroatoms. The van der Waals surface area contributed by atoms with Crippen LogP contribution in [0.15, 0.2) is 24.3 Å². The lowest BCUT2D eigenvalue weighted by Crippen LogP contribution is -2.62. The number of rotatable bonds is 6. The third-order valence-electron chi connectivity index (χ3n) is 3.07. The van der Waals surface area contributed by atoms with Gasteiger partial charge in [0, 0.05) is 11.3 Å². The molecule has 2 amide bonds. The van der Waals surface area contributed by atoms with Crippen LogP contribution in [0.3, 0.4) is 0 Å². The Balaban J connectivity index is 3.27. The molecule has 0 heterocycles. The molecule has 0 spiro atoms. The summed E-state index contributed by atoms with van der Waals surface area (Å²) in [7, 11) is 0. The molecule has 29 heavy (non-hydrogen) atoms. The maximum atomic E-state index is 14.0. The molecule has 0 aromatic heterocycles. The molecule has 1 aromatic carbocycles. The average Bonchev–Trinajstić information content (AvgIpc) is 2.52. The molecule has 0 radical (unpaired) electrons. The van der Waals surface area contributed by atoms with E-state index in [-0.39, 0.29) is 5.56 Å². The number of ether oxygens (including phenoxy) is 1. The second-order valence-corrected chi connectivity index (χ2v) is 5.18. The zero-order valence-electron chi connectivity index (χ0n) is 13.3. The highest BCUT2D eigenvalue weighted by molar-refractivity contribution is 5.98. The molecular formula is C13H7F11N2O3. The number of anilines is 1. The molecule has 1 unspecified atom stereocenters. The van der Waals surface area contributed by atoms with Crippen LogP contribution in [0.1, 0.15) is 10.4 Å². The Bertz CT molecular complexity index is 774. The first-order valence-electron chi connectivity index (χ1n) is 6.76. The van der Waals surface area contributed by atoms with Gasteiger partial charge < -0.3 is 11.1 Å². The van der Waals surface area contributed by atoms with Crippen molar-refractivity contribution in [2.75, 3.05) is 5.32 Å². The van der Waals surface area contributed by atoms with Crippen LogP contribution in [-0.4, -0.2) is 42.1 Å². The van der Waals surface area contributed by atoms with Gasteiger partial charge in [-0.1, -0.05) is 0 Å². The molecule has 5 nitrogen and oxygen atoms in total. The molecule has 0 fully saturated rings. The van der Waals surface area contributed by atoms with Gasteiger partial charge in [0.05, 0.1) is 0 Å². The lowest BCUT2D eigenvalue weighted by atomic mass is 10.2. The SMILES string of the molecule is NC(=O)c1ccc(NC(=O)C(F)(OC(F)(F)C(F)(F)C(F)(F)F)C(F)(F)F)cc1. The third kappa shape index (κ3) is 4.68. The second kappa shape index (κ2) is 7.31. The fourth-order valence-corrected chi connectivity index (χ4v) is 1.57. The van der Waals surface area contributed by atoms with Crippen molar-refractivity contribution in [3.8, 4) is 0 Å². The molecule has 0 bridgehead atoms. The van der Waals surface area contributed by atoms with Crippen LogP contribution in [0, 0.1) is 0 Å². The van der Waals surface area contributed by atoms with Crippen molar-refractivity contribution in [1.29, 1.82) is 0 Å². The summed E-state index contributed by atoms with van der Waals surface area (Å²) >= 11 is 0. The van der Waals surface area contributed by atoms with Crippen LogP contribution in [-0.2, 0) is 9.53 Å². The quantitative estimate of drug-likeness (QED) is 0.651. The number of alkyl halides is 11. The van der Waals surface area contributed by atoms with E-state index in [1.54, 1.807) is 0 Å². The van der Waals surface area contributed by atoms with Crippen LogP contribution in [0.25, 0.3) is 0 Å². The summed E-state index contributed by atoms with van der Waals surface area (Å²) in [5, 5.41) is 0.997. The Morgan fingerprint density at radius 1 is 0.793 bits per heavy atom. The molecule has 1 rings (SSSR count). The normalized spacial score (nSPS) is 15.6. The van der Waals surface area contributed by atoms with Crippen molar-refractivity contribution in [3.05, 3.63) is 29.8 Å². The monoisotopic (exact) mass is 448 g/mol. The minimum atomic E-state index is -7.29. The minimum absolute atomic E-state index is 0.266. The van der Waals surface area contributed by atoms with Gasteiger partial charge in [-0.3, -0.25) is 14.3 Å². The molecule has 1 aromatic rings. The van der Waals surface area contributed by atoms with Gasteiger partial charge in [-0.15, -0.1) is 0 Å². The summed E-state index contributed by atoms with van der Waals surface area (Å²) in [5.74, 6) is -17.9. The smallest absolute Gasteiger partial charge is 0.366 e. The van der Waals surface area contributed by atoms with Gasteiger partial charge in [0.15, 0.2) is 0 Å². The Labute approximate surface area is 152 Å². The van der Waals surface area contributed by atoms with E-state index in [1.165, 1.54) is 0 Å². The number of primary amides is 1. The maximum Gasteiger partial charge on any atom is 0.462 e. The number of hydrogen-bond acceptors (Lipinski definition) is 3. The van der Waals surface area contributed by atoms with E-state index >= 15 is 0 Å². The van der Waals surface area contributed by atoms with E-state index in [9.17, 15) is 57.9 Å². The van der Waals surface area contributed by atoms with Gasteiger partial charge in [-0.25, -0.2) is 0 Å². The van der Waals surface area contributed by atoms with Crippen molar-refractivity contribution >= 4 is 17.5 Å². The summed E-state index contributed by atoms with van der Waals surface area (Å²) in [6.45, 7) is 0. The number of amides is 2. The summed E-state index contributed by atoms with van der Waals surface area (Å²) in [6.07, 6.45) is -21.1. The number of halogens is 11. The fraction of sp³-hybridized carbons (Fsp3) is 0.385. The Kier molecular flexibility index (Phi) is 6.15. The number of nitrogens with two attached hydrogens (primary N) is 1. The zero-order chi connectivity index (χ0) is 23.1. The van der Waals surface area contributed by atoms with Crippen molar-refractivity contribution < 1.29 is 62.6 Å². The first-order valence-corrected chi connectivity index (χ1v) is 6.76. The Hall–Kier alpha value is -2.65. The standard InChI is InChI=1S/C13H7F11N2O3/c14-9(11(17,18)19,29-13(23,24)10(15,16)12(20,21)22)8(28)26-6-3-1-5(2-4-6)7(25)27/h1-4H,(H2,25,27)(H,26,28). The maximum absolute atomic E-state index is 14.0. The molecule has 0 aliphatic rings. The number of benzene rings is 1. The van der Waals surface area contributed by atoms with Crippen LogP contribution in [0.5, 0.6) is 0 Å². The van der Waals surface area contributed by atoms with E-state index in [4.69, 9.17) is 5.73 Å². The van der Waals surface area contributed by atoms with Gasteiger partial charge in [0.2, 0.25) is 5.91 Å². The second-order valence-electron chi connectivity index (χ2n) is 5.18. The summed E-state index contributed by atoms with van der Waals surface area (Å²) in [5.41, 5.74) is 3.76. The molecular weight excluding hydrogens is 441 g/mol. The highest BCUT2D eigenvalue weighted by atomic mass is 19.4. The predicted molar refractivity (Wildman–Crippen MR) is 70.5 cm³/mol. The Morgan fingerprint density at radius 2 is 1.24 bits per heavy atom. The fourth-order valence-electron chi connectivity index (χ4n) is 1.57. The van der Waals surface area contributed by atoms with Gasteiger partial charge in [-0.05, 0) is 24.3 Å². The van der Waals surface area contributed by atoms with Crippen molar-refractivity contribution in [2.24, 2.45) is 5.73 Å². The lowest BCUT2D eigenvalue weighted by molar-refractivity contribution is -0.472. The van der Waals surface area contributed by atoms with Crippen molar-refractivity contribution in [2.45, 2.75) is 30.2 Å². The van der Waals surface area contributed by atoms with Gasteiger partial charge in [-0.2, -0.15) is 48.3 Å². The first-order chi connectivity index (χ1) is 12.8. The van der Waals surface area contributed by atoms with E-state index in [0.29, 0.717) is 12.1 Å². The van der Waals surface area contributed by atoms with Gasteiger partial charge in [0.1, 0.15) is 0 Å².